The highest BCUT2D eigenvalue weighted by molar-refractivity contribution is 5.23. The first-order valence-corrected chi connectivity index (χ1v) is 5.53. The van der Waals surface area contributed by atoms with Crippen LogP contribution < -0.4 is 11.5 Å². The molecule has 3 rings (SSSR count). The van der Waals surface area contributed by atoms with Gasteiger partial charge < -0.3 is 5.73 Å². The number of H-pyrrole nitrogens is 1. The van der Waals surface area contributed by atoms with E-state index in [0.717, 1.165) is 12.3 Å². The largest absolute Gasteiger partial charge is 0.438 e. The van der Waals surface area contributed by atoms with Crippen molar-refractivity contribution in [3.8, 4) is 0 Å². The maximum atomic E-state index is 10.9. The van der Waals surface area contributed by atoms with Crippen molar-refractivity contribution >= 4 is 0 Å². The van der Waals surface area contributed by atoms with Crippen LogP contribution in [0.4, 0.5) is 0 Å². The van der Waals surface area contributed by atoms with E-state index in [1.807, 2.05) is 0 Å². The highest BCUT2D eigenvalue weighted by atomic mass is 16.5. The molecule has 2 fully saturated rings. The van der Waals surface area contributed by atoms with E-state index in [0.29, 0.717) is 18.3 Å². The van der Waals surface area contributed by atoms with Gasteiger partial charge >= 0.3 is 5.76 Å². The molecule has 1 aromatic rings. The van der Waals surface area contributed by atoms with Gasteiger partial charge in [-0.25, -0.2) is 4.79 Å². The Hall–Kier alpha value is -1.10. The van der Waals surface area contributed by atoms with Gasteiger partial charge in [-0.05, 0) is 18.3 Å². The highest BCUT2D eigenvalue weighted by Crippen LogP contribution is 2.60. The molecule has 2 aliphatic carbocycles. The van der Waals surface area contributed by atoms with Crippen LogP contribution in [0.1, 0.15) is 31.5 Å². The summed E-state index contributed by atoms with van der Waals surface area (Å²) in [6, 6.07) is 0. The summed E-state index contributed by atoms with van der Waals surface area (Å²) in [5.41, 5.74) is 5.73. The van der Waals surface area contributed by atoms with Gasteiger partial charge in [0.2, 0.25) is 0 Å². The molecule has 0 aliphatic heterocycles. The summed E-state index contributed by atoms with van der Waals surface area (Å²) >= 11 is 0. The van der Waals surface area contributed by atoms with E-state index in [1.165, 1.54) is 19.3 Å². The summed E-state index contributed by atoms with van der Waals surface area (Å²) in [5.74, 6) is 1.58. The van der Waals surface area contributed by atoms with Crippen molar-refractivity contribution in [2.75, 3.05) is 6.54 Å². The lowest BCUT2D eigenvalue weighted by molar-refractivity contribution is 0.254. The van der Waals surface area contributed by atoms with E-state index in [4.69, 9.17) is 5.73 Å². The van der Waals surface area contributed by atoms with Crippen LogP contribution in [0.2, 0.25) is 0 Å². The molecule has 2 aliphatic rings. The zero-order valence-electron chi connectivity index (χ0n) is 8.53. The zero-order valence-corrected chi connectivity index (χ0v) is 8.53. The van der Waals surface area contributed by atoms with Crippen molar-refractivity contribution in [3.63, 3.8) is 0 Å². The first kappa shape index (κ1) is 9.15. The second-order valence-corrected chi connectivity index (χ2v) is 4.81. The Labute approximate surface area is 87.0 Å². The fraction of sp³-hybridized carbons (Fsp3) is 0.800. The van der Waals surface area contributed by atoms with E-state index in [1.54, 1.807) is 0 Å². The van der Waals surface area contributed by atoms with E-state index in [9.17, 15) is 4.79 Å². The quantitative estimate of drug-likeness (QED) is 0.753. The lowest BCUT2D eigenvalue weighted by Crippen LogP contribution is -2.28. The predicted molar refractivity (Wildman–Crippen MR) is 53.3 cm³/mol. The molecule has 82 valence electrons. The van der Waals surface area contributed by atoms with Crippen molar-refractivity contribution in [3.05, 3.63) is 16.4 Å². The summed E-state index contributed by atoms with van der Waals surface area (Å²) < 4.78 is 4.56. The van der Waals surface area contributed by atoms with Crippen LogP contribution >= 0.6 is 0 Å². The molecule has 3 N–H and O–H groups in total. The van der Waals surface area contributed by atoms with Gasteiger partial charge in [0.05, 0.1) is 0 Å². The molecule has 1 heterocycles. The Morgan fingerprint density at radius 3 is 2.87 bits per heavy atom. The SMILES string of the molecule is NCC1(c2noc(=O)[nH]2)CC1C1CCC1. The number of nitrogens with zero attached hydrogens (tertiary/aromatic N) is 1. The fourth-order valence-corrected chi connectivity index (χ4v) is 2.84. The third kappa shape index (κ3) is 1.19. The summed E-state index contributed by atoms with van der Waals surface area (Å²) in [6.07, 6.45) is 4.98. The minimum atomic E-state index is -0.475. The molecule has 0 amide bonds. The number of hydrogen-bond acceptors (Lipinski definition) is 4. The number of rotatable bonds is 3. The molecule has 1 aromatic heterocycles. The Morgan fingerprint density at radius 2 is 2.40 bits per heavy atom. The predicted octanol–water partition coefficient (Wildman–Crippen LogP) is 0.379. The summed E-state index contributed by atoms with van der Waals surface area (Å²) in [7, 11) is 0. The first-order valence-electron chi connectivity index (χ1n) is 5.53. The Bertz CT molecular complexity index is 420. The van der Waals surface area contributed by atoms with Crippen LogP contribution in [0.3, 0.4) is 0 Å². The third-order valence-electron chi connectivity index (χ3n) is 4.13. The van der Waals surface area contributed by atoms with E-state index >= 15 is 0 Å². The van der Waals surface area contributed by atoms with Crippen LogP contribution in [-0.2, 0) is 5.41 Å². The summed E-state index contributed by atoms with van der Waals surface area (Å²) in [5, 5.41) is 3.79. The van der Waals surface area contributed by atoms with E-state index < -0.39 is 5.76 Å². The van der Waals surface area contributed by atoms with Crippen molar-refractivity contribution in [1.82, 2.24) is 10.1 Å². The van der Waals surface area contributed by atoms with Gasteiger partial charge in [0, 0.05) is 12.0 Å². The van der Waals surface area contributed by atoms with Crippen LogP contribution in [0, 0.1) is 11.8 Å². The molecule has 0 aromatic carbocycles. The van der Waals surface area contributed by atoms with Crippen LogP contribution in [0.25, 0.3) is 0 Å². The van der Waals surface area contributed by atoms with Gasteiger partial charge in [0.1, 0.15) is 0 Å². The van der Waals surface area contributed by atoms with Gasteiger partial charge in [0.15, 0.2) is 5.82 Å². The van der Waals surface area contributed by atoms with Gasteiger partial charge in [0.25, 0.3) is 0 Å². The molecule has 15 heavy (non-hydrogen) atoms. The number of nitrogens with two attached hydrogens (primary N) is 1. The Kier molecular flexibility index (Phi) is 1.80. The smallest absolute Gasteiger partial charge is 0.329 e. The maximum Gasteiger partial charge on any atom is 0.438 e. The topological polar surface area (TPSA) is 84.9 Å². The normalized spacial score (nSPS) is 35.1. The monoisotopic (exact) mass is 209 g/mol. The molecule has 5 nitrogen and oxygen atoms in total. The molecule has 0 spiro atoms. The summed E-state index contributed by atoms with van der Waals surface area (Å²) in [4.78, 5) is 13.6. The third-order valence-corrected chi connectivity index (χ3v) is 4.13. The van der Waals surface area contributed by atoms with Gasteiger partial charge in [-0.2, -0.15) is 0 Å². The number of aromatic amines is 1. The number of hydrogen-bond donors (Lipinski definition) is 2. The Balaban J connectivity index is 1.86. The lowest BCUT2D eigenvalue weighted by Gasteiger charge is -2.27. The van der Waals surface area contributed by atoms with E-state index in [2.05, 4.69) is 14.7 Å². The second kappa shape index (κ2) is 2.95. The number of nitrogens with one attached hydrogen (secondary N) is 1. The van der Waals surface area contributed by atoms with Crippen molar-refractivity contribution in [2.24, 2.45) is 17.6 Å². The molecule has 0 saturated heterocycles. The maximum absolute atomic E-state index is 10.9. The highest BCUT2D eigenvalue weighted by Gasteiger charge is 2.60. The molecule has 0 radical (unpaired) electrons. The van der Waals surface area contributed by atoms with Crippen molar-refractivity contribution in [2.45, 2.75) is 31.1 Å². The molecular formula is C10H15N3O2. The van der Waals surface area contributed by atoms with E-state index in [-0.39, 0.29) is 5.41 Å². The molecular weight excluding hydrogens is 194 g/mol. The average molecular weight is 209 g/mol. The Morgan fingerprint density at radius 1 is 1.60 bits per heavy atom. The van der Waals surface area contributed by atoms with Crippen molar-refractivity contribution < 1.29 is 4.52 Å². The fourth-order valence-electron chi connectivity index (χ4n) is 2.84. The lowest BCUT2D eigenvalue weighted by atomic mass is 9.78. The molecule has 5 heteroatoms. The van der Waals surface area contributed by atoms with Crippen molar-refractivity contribution in [1.29, 1.82) is 0 Å². The van der Waals surface area contributed by atoms with Crippen LogP contribution in [0.15, 0.2) is 9.32 Å². The average Bonchev–Trinajstić information content (AvgIpc) is 2.70. The minimum Gasteiger partial charge on any atom is -0.329 e. The summed E-state index contributed by atoms with van der Waals surface area (Å²) in [6.45, 7) is 0.552. The van der Waals surface area contributed by atoms with Crippen LogP contribution in [-0.4, -0.2) is 16.7 Å². The standard InChI is InChI=1S/C10H15N3O2/c11-5-10(8-12-9(14)15-13-8)4-7(10)6-2-1-3-6/h6-7H,1-5,11H2,(H,12,13,14). The first-order chi connectivity index (χ1) is 7.26. The minimum absolute atomic E-state index is 0.0861. The molecule has 0 bridgehead atoms. The van der Waals surface area contributed by atoms with Crippen LogP contribution in [0.5, 0.6) is 0 Å². The van der Waals surface area contributed by atoms with Gasteiger partial charge in [-0.3, -0.25) is 9.51 Å². The molecule has 2 saturated carbocycles. The molecule has 2 unspecified atom stereocenters. The zero-order chi connectivity index (χ0) is 10.5. The second-order valence-electron chi connectivity index (χ2n) is 4.81. The number of aromatic nitrogens is 2. The van der Waals surface area contributed by atoms with Gasteiger partial charge in [-0.15, -0.1) is 0 Å². The molecule has 2 atom stereocenters. The van der Waals surface area contributed by atoms with Gasteiger partial charge in [-0.1, -0.05) is 24.4 Å².